The van der Waals surface area contributed by atoms with Crippen LogP contribution in [0.3, 0.4) is 0 Å². The van der Waals surface area contributed by atoms with Crippen LogP contribution in [0.4, 0.5) is 10.1 Å². The minimum absolute atomic E-state index is 0.0283. The molecule has 8 heteroatoms. The molecule has 0 radical (unpaired) electrons. The van der Waals surface area contributed by atoms with E-state index in [-0.39, 0.29) is 22.2 Å². The average Bonchev–Trinajstić information content (AvgIpc) is 3.38. The molecule has 0 unspecified atom stereocenters. The Bertz CT molecular complexity index is 1390. The molecule has 2 heterocycles. The molecule has 9 rings (SSSR count). The molecule has 4 bridgehead atoms. The normalized spacial score (nSPS) is 32.3. The zero-order valence-corrected chi connectivity index (χ0v) is 22.7. The van der Waals surface area contributed by atoms with Crippen LogP contribution in [0.2, 0.25) is 0 Å². The van der Waals surface area contributed by atoms with Crippen molar-refractivity contribution in [2.45, 2.75) is 82.2 Å². The maximum atomic E-state index is 14.3. The third kappa shape index (κ3) is 4.14. The molecule has 0 spiro atoms. The van der Waals surface area contributed by atoms with Crippen molar-refractivity contribution in [1.82, 2.24) is 15.1 Å². The number of halogens is 1. The van der Waals surface area contributed by atoms with E-state index in [0.29, 0.717) is 43.9 Å². The fourth-order valence-corrected chi connectivity index (χ4v) is 8.01. The number of rotatable bonds is 8. The molecule has 0 aliphatic heterocycles. The highest BCUT2D eigenvalue weighted by molar-refractivity contribution is 5.95. The van der Waals surface area contributed by atoms with Crippen molar-refractivity contribution in [2.24, 2.45) is 10.8 Å². The number of carbonyl (C=O) groups excluding carboxylic acids is 1. The molecule has 6 saturated carbocycles. The van der Waals surface area contributed by atoms with Crippen LogP contribution in [-0.4, -0.2) is 40.4 Å². The Morgan fingerprint density at radius 3 is 2.38 bits per heavy atom. The van der Waals surface area contributed by atoms with Gasteiger partial charge in [0.1, 0.15) is 5.67 Å². The lowest BCUT2D eigenvalue weighted by molar-refractivity contribution is -0.215. The van der Waals surface area contributed by atoms with Gasteiger partial charge in [0.05, 0.1) is 7.11 Å². The highest BCUT2D eigenvalue weighted by atomic mass is 19.1. The van der Waals surface area contributed by atoms with Gasteiger partial charge in [-0.1, -0.05) is 17.3 Å². The van der Waals surface area contributed by atoms with Gasteiger partial charge in [-0.05, 0) is 105 Å². The van der Waals surface area contributed by atoms with Crippen molar-refractivity contribution in [1.29, 1.82) is 0 Å². The lowest BCUT2D eigenvalue weighted by atomic mass is 9.41. The van der Waals surface area contributed by atoms with Crippen LogP contribution >= 0.6 is 0 Å². The van der Waals surface area contributed by atoms with Crippen molar-refractivity contribution in [3.8, 4) is 17.0 Å². The number of alkyl halides is 1. The van der Waals surface area contributed by atoms with Gasteiger partial charge in [-0.3, -0.25) is 4.79 Å². The Hall–Kier alpha value is -3.29. The first-order valence-corrected chi connectivity index (χ1v) is 14.1. The number of aryl methyl sites for hydroxylation is 1. The molecule has 7 nitrogen and oxygen atoms in total. The first-order chi connectivity index (χ1) is 18.7. The lowest BCUT2D eigenvalue weighted by Gasteiger charge is -2.66. The van der Waals surface area contributed by atoms with Gasteiger partial charge < -0.3 is 14.2 Å². The largest absolute Gasteiger partial charge is 0.481 e. The van der Waals surface area contributed by atoms with Gasteiger partial charge in [0.2, 0.25) is 17.7 Å². The van der Waals surface area contributed by atoms with Crippen LogP contribution in [0, 0.1) is 17.8 Å². The molecule has 6 fully saturated rings. The van der Waals surface area contributed by atoms with Crippen molar-refractivity contribution >= 4 is 11.6 Å². The molecule has 0 atom stereocenters. The SMILES string of the molecule is COc1cc(-c2cccc(N(CC34CCC(c5nc(C)no5)(CC3)CC4)C(=O)CC34CC(F)(C3)C4)c2)ccn1. The van der Waals surface area contributed by atoms with E-state index in [1.165, 1.54) is 0 Å². The van der Waals surface area contributed by atoms with E-state index >= 15 is 0 Å². The second kappa shape index (κ2) is 8.60. The molecule has 0 N–H and O–H groups in total. The number of hydrogen-bond donors (Lipinski definition) is 0. The number of pyridine rings is 1. The third-order valence-corrected chi connectivity index (χ3v) is 10.2. The van der Waals surface area contributed by atoms with Gasteiger partial charge in [-0.15, -0.1) is 0 Å². The molecule has 0 saturated heterocycles. The second-order valence-electron chi connectivity index (χ2n) is 12.9. The van der Waals surface area contributed by atoms with Crippen LogP contribution < -0.4 is 9.64 Å². The van der Waals surface area contributed by atoms with Crippen molar-refractivity contribution < 1.29 is 18.4 Å². The van der Waals surface area contributed by atoms with Gasteiger partial charge in [-0.2, -0.15) is 4.98 Å². The zero-order valence-electron chi connectivity index (χ0n) is 22.7. The minimum atomic E-state index is -1.01. The highest BCUT2D eigenvalue weighted by Gasteiger charge is 2.69. The zero-order chi connectivity index (χ0) is 26.9. The molecule has 6 aliphatic carbocycles. The van der Waals surface area contributed by atoms with Gasteiger partial charge in [0, 0.05) is 36.3 Å². The first-order valence-electron chi connectivity index (χ1n) is 14.1. The summed E-state index contributed by atoms with van der Waals surface area (Å²) in [4.78, 5) is 24.8. The lowest BCUT2D eigenvalue weighted by Crippen LogP contribution is -2.65. The molecule has 1 amide bonds. The number of benzene rings is 1. The minimum Gasteiger partial charge on any atom is -0.481 e. The summed E-state index contributed by atoms with van der Waals surface area (Å²) in [6.07, 6.45) is 9.85. The van der Waals surface area contributed by atoms with E-state index in [2.05, 4.69) is 27.3 Å². The molecule has 2 aromatic heterocycles. The van der Waals surface area contributed by atoms with Crippen molar-refractivity contribution in [3.63, 3.8) is 0 Å². The Morgan fingerprint density at radius 2 is 1.74 bits per heavy atom. The second-order valence-corrected chi connectivity index (χ2v) is 12.9. The average molecular weight is 531 g/mol. The maximum absolute atomic E-state index is 14.3. The summed E-state index contributed by atoms with van der Waals surface area (Å²) in [7, 11) is 1.61. The van der Waals surface area contributed by atoms with Crippen molar-refractivity contribution in [3.05, 3.63) is 54.3 Å². The Kier molecular flexibility index (Phi) is 5.46. The van der Waals surface area contributed by atoms with Crippen LogP contribution in [0.15, 0.2) is 47.1 Å². The third-order valence-electron chi connectivity index (χ3n) is 10.2. The quantitative estimate of drug-likeness (QED) is 0.337. The monoisotopic (exact) mass is 530 g/mol. The van der Waals surface area contributed by atoms with Gasteiger partial charge in [0.25, 0.3) is 0 Å². The standard InChI is InChI=1S/C31H35FN4O3/c1-21-34-27(39-35-21)30-10-7-28(8-11-30,9-12-30)20-36(26(37)16-29-17-31(32,18-29)19-29)24-5-3-4-22(14-24)23-6-13-33-25(15-23)38-2/h3-6,13-15H,7-12,16-20H2,1-2H3. The van der Waals surface area contributed by atoms with E-state index in [1.54, 1.807) is 13.3 Å². The van der Waals surface area contributed by atoms with E-state index in [1.807, 2.05) is 36.1 Å². The number of nitrogens with zero attached hydrogens (tertiary/aromatic N) is 4. The smallest absolute Gasteiger partial charge is 0.232 e. The molecule has 204 valence electrons. The fourth-order valence-electron chi connectivity index (χ4n) is 8.01. The number of anilines is 1. The topological polar surface area (TPSA) is 81.4 Å². The Morgan fingerprint density at radius 1 is 1.03 bits per heavy atom. The van der Waals surface area contributed by atoms with Gasteiger partial charge >= 0.3 is 0 Å². The summed E-state index contributed by atoms with van der Waals surface area (Å²) in [6, 6.07) is 12.1. The highest BCUT2D eigenvalue weighted by Crippen LogP contribution is 2.71. The summed E-state index contributed by atoms with van der Waals surface area (Å²) in [5, 5.41) is 4.05. The molecule has 39 heavy (non-hydrogen) atoms. The number of fused-ring (bicyclic) bond motifs is 3. The van der Waals surface area contributed by atoms with E-state index in [9.17, 15) is 9.18 Å². The number of carbonyl (C=O) groups is 1. The number of aromatic nitrogens is 3. The van der Waals surface area contributed by atoms with Crippen LogP contribution in [0.1, 0.15) is 75.9 Å². The van der Waals surface area contributed by atoms with Crippen molar-refractivity contribution in [2.75, 3.05) is 18.6 Å². The van der Waals surface area contributed by atoms with Crippen LogP contribution in [0.25, 0.3) is 11.1 Å². The Labute approximate surface area is 228 Å². The number of amides is 1. The molecule has 1 aromatic carbocycles. The summed E-state index contributed by atoms with van der Waals surface area (Å²) >= 11 is 0. The Balaban J connectivity index is 1.16. The van der Waals surface area contributed by atoms with E-state index < -0.39 is 5.67 Å². The predicted octanol–water partition coefficient (Wildman–Crippen LogP) is 6.36. The van der Waals surface area contributed by atoms with E-state index in [4.69, 9.17) is 9.26 Å². The maximum Gasteiger partial charge on any atom is 0.232 e. The number of methoxy groups -OCH3 is 1. The predicted molar refractivity (Wildman–Crippen MR) is 144 cm³/mol. The fraction of sp³-hybridized carbons (Fsp3) is 0.548. The number of ether oxygens (including phenoxy) is 1. The van der Waals surface area contributed by atoms with Gasteiger partial charge in [-0.25, -0.2) is 9.37 Å². The summed E-state index contributed by atoms with van der Waals surface area (Å²) in [5.74, 6) is 2.14. The molecular weight excluding hydrogens is 495 g/mol. The summed E-state index contributed by atoms with van der Waals surface area (Å²) in [5.41, 5.74) is 1.79. The van der Waals surface area contributed by atoms with Crippen LogP contribution in [0.5, 0.6) is 5.88 Å². The first kappa shape index (κ1) is 24.7. The van der Waals surface area contributed by atoms with E-state index in [0.717, 1.165) is 61.2 Å². The summed E-state index contributed by atoms with van der Waals surface area (Å²) < 4.78 is 25.3. The van der Waals surface area contributed by atoms with Gasteiger partial charge in [0.15, 0.2) is 5.82 Å². The summed E-state index contributed by atoms with van der Waals surface area (Å²) in [6.45, 7) is 2.56. The molecular formula is C31H35FN4O3. The number of hydrogen-bond acceptors (Lipinski definition) is 6. The van der Waals surface area contributed by atoms with Crippen LogP contribution in [-0.2, 0) is 10.2 Å². The molecule has 6 aliphatic rings. The molecule has 3 aromatic rings.